The Kier molecular flexibility index (Phi) is 74.1. The highest BCUT2D eigenvalue weighted by Gasteiger charge is 2.30. The van der Waals surface area contributed by atoms with E-state index in [0.29, 0.717) is 25.7 Å². The summed E-state index contributed by atoms with van der Waals surface area (Å²) in [4.78, 5) is 73.2. The van der Waals surface area contributed by atoms with Crippen LogP contribution in [-0.4, -0.2) is 96.7 Å². The molecule has 0 radical (unpaired) electrons. The van der Waals surface area contributed by atoms with Crippen molar-refractivity contribution < 1.29 is 80.2 Å². The molecule has 0 aromatic carbocycles. The first kappa shape index (κ1) is 101. The molecule has 0 spiro atoms. The molecule has 0 fully saturated rings. The summed E-state index contributed by atoms with van der Waals surface area (Å²) in [5.74, 6) is -0.510. The summed E-state index contributed by atoms with van der Waals surface area (Å²) in [7, 11) is -9.92. The zero-order valence-corrected chi connectivity index (χ0v) is 69.4. The molecular weight excluding hydrogens is 1340 g/mol. The number of carbonyl (C=O) groups is 4. The van der Waals surface area contributed by atoms with E-state index in [2.05, 4.69) is 41.5 Å². The molecule has 17 nitrogen and oxygen atoms in total. The van der Waals surface area contributed by atoms with Crippen LogP contribution in [0.15, 0.2) is 0 Å². The molecular formula is C84H164O17P2. The number of unbranched alkanes of at least 4 members (excludes halogenated alkanes) is 52. The van der Waals surface area contributed by atoms with Crippen molar-refractivity contribution >= 4 is 39.5 Å². The highest BCUT2D eigenvalue weighted by Crippen LogP contribution is 2.45. The Morgan fingerprint density at radius 1 is 0.282 bits per heavy atom. The second kappa shape index (κ2) is 75.5. The lowest BCUT2D eigenvalue weighted by atomic mass is 9.99. The lowest BCUT2D eigenvalue weighted by Crippen LogP contribution is -2.30. The number of carbonyl (C=O) groups excluding carboxylic acids is 4. The van der Waals surface area contributed by atoms with Crippen molar-refractivity contribution in [3.63, 3.8) is 0 Å². The van der Waals surface area contributed by atoms with Crippen LogP contribution in [-0.2, 0) is 65.4 Å². The van der Waals surface area contributed by atoms with Crippen molar-refractivity contribution in [2.75, 3.05) is 39.6 Å². The fourth-order valence-corrected chi connectivity index (χ4v) is 14.6. The zero-order chi connectivity index (χ0) is 75.6. The third kappa shape index (κ3) is 76.6. The maximum absolute atomic E-state index is 13.1. The molecule has 0 bridgehead atoms. The zero-order valence-electron chi connectivity index (χ0n) is 67.6. The predicted octanol–water partition coefficient (Wildman–Crippen LogP) is 25.5. The number of esters is 4. The van der Waals surface area contributed by atoms with Gasteiger partial charge in [0.05, 0.1) is 26.4 Å². The summed E-state index contributed by atoms with van der Waals surface area (Å²) in [6, 6.07) is 0. The van der Waals surface area contributed by atoms with Crippen LogP contribution in [0.5, 0.6) is 0 Å². The molecule has 3 N–H and O–H groups in total. The molecule has 3 unspecified atom stereocenters. The van der Waals surface area contributed by atoms with Crippen molar-refractivity contribution in [3.8, 4) is 0 Å². The van der Waals surface area contributed by atoms with Gasteiger partial charge < -0.3 is 33.8 Å². The molecule has 0 aliphatic carbocycles. The first-order chi connectivity index (χ1) is 49.9. The van der Waals surface area contributed by atoms with E-state index in [1.54, 1.807) is 0 Å². The average molecular weight is 1510 g/mol. The minimum atomic E-state index is -4.96. The summed E-state index contributed by atoms with van der Waals surface area (Å²) >= 11 is 0. The van der Waals surface area contributed by atoms with Crippen molar-refractivity contribution in [2.24, 2.45) is 11.8 Å². The second-order valence-corrected chi connectivity index (χ2v) is 33.8. The van der Waals surface area contributed by atoms with Gasteiger partial charge in [-0.3, -0.25) is 37.3 Å². The number of rotatable bonds is 83. The van der Waals surface area contributed by atoms with Crippen LogP contribution >= 0.6 is 15.6 Å². The number of hydrogen-bond donors (Lipinski definition) is 3. The molecule has 0 rings (SSSR count). The van der Waals surface area contributed by atoms with Crippen LogP contribution in [0.3, 0.4) is 0 Å². The Bertz CT molecular complexity index is 1980. The van der Waals surface area contributed by atoms with Gasteiger partial charge in [0.2, 0.25) is 0 Å². The summed E-state index contributed by atoms with van der Waals surface area (Å²) in [5.41, 5.74) is 0. The Labute approximate surface area is 632 Å². The predicted molar refractivity (Wildman–Crippen MR) is 423 cm³/mol. The molecule has 0 saturated carbocycles. The van der Waals surface area contributed by atoms with E-state index >= 15 is 0 Å². The van der Waals surface area contributed by atoms with Crippen molar-refractivity contribution in [2.45, 2.75) is 464 Å². The largest absolute Gasteiger partial charge is 0.472 e. The quantitative estimate of drug-likeness (QED) is 0.0222. The van der Waals surface area contributed by atoms with E-state index in [1.165, 1.54) is 263 Å². The van der Waals surface area contributed by atoms with Crippen LogP contribution in [0.2, 0.25) is 0 Å². The molecule has 0 heterocycles. The van der Waals surface area contributed by atoms with Gasteiger partial charge in [0.25, 0.3) is 0 Å². The Hall–Kier alpha value is -1.94. The Morgan fingerprint density at radius 2 is 0.495 bits per heavy atom. The smallest absolute Gasteiger partial charge is 0.462 e. The SMILES string of the molecule is CCCCCCCCCCCCCCCCCCCCCCC(=O)O[C@H](COC(=O)CCCCCCCCCCCCCCCCC(C)CC)COP(=O)(O)OC[C@@H](O)COP(=O)(O)OC[C@@H](COC(=O)CCCCCCCCCCCC(C)C)OC(=O)CCCCCCCCCCCCCCC. The average Bonchev–Trinajstić information content (AvgIpc) is 0.946. The van der Waals surface area contributed by atoms with E-state index in [4.69, 9.17) is 37.0 Å². The van der Waals surface area contributed by atoms with Crippen LogP contribution < -0.4 is 0 Å². The summed E-state index contributed by atoms with van der Waals surface area (Å²) < 4.78 is 68.8. The Balaban J connectivity index is 5.25. The second-order valence-electron chi connectivity index (χ2n) is 30.9. The van der Waals surface area contributed by atoms with Crippen molar-refractivity contribution in [3.05, 3.63) is 0 Å². The third-order valence-corrected chi connectivity index (χ3v) is 22.0. The van der Waals surface area contributed by atoms with Crippen LogP contribution in [0.25, 0.3) is 0 Å². The number of phosphoric acid groups is 2. The van der Waals surface area contributed by atoms with E-state index in [9.17, 15) is 43.2 Å². The number of hydrogen-bond acceptors (Lipinski definition) is 15. The molecule has 0 aromatic rings. The van der Waals surface area contributed by atoms with Gasteiger partial charge in [-0.25, -0.2) is 9.13 Å². The van der Waals surface area contributed by atoms with Gasteiger partial charge in [0.1, 0.15) is 19.3 Å². The van der Waals surface area contributed by atoms with Crippen LogP contribution in [0, 0.1) is 11.8 Å². The van der Waals surface area contributed by atoms with Crippen LogP contribution in [0.1, 0.15) is 446 Å². The third-order valence-electron chi connectivity index (χ3n) is 20.1. The molecule has 103 heavy (non-hydrogen) atoms. The highest BCUT2D eigenvalue weighted by atomic mass is 31.2. The fourth-order valence-electron chi connectivity index (χ4n) is 13.0. The van der Waals surface area contributed by atoms with Gasteiger partial charge >= 0.3 is 39.5 Å². The molecule has 0 amide bonds. The van der Waals surface area contributed by atoms with Crippen molar-refractivity contribution in [1.29, 1.82) is 0 Å². The highest BCUT2D eigenvalue weighted by molar-refractivity contribution is 7.47. The lowest BCUT2D eigenvalue weighted by Gasteiger charge is -2.21. The van der Waals surface area contributed by atoms with E-state index in [0.717, 1.165) is 102 Å². The first-order valence-electron chi connectivity index (χ1n) is 43.5. The lowest BCUT2D eigenvalue weighted by molar-refractivity contribution is -0.161. The first-order valence-corrected chi connectivity index (χ1v) is 46.5. The van der Waals surface area contributed by atoms with Gasteiger partial charge in [-0.2, -0.15) is 0 Å². The molecule has 0 aliphatic heterocycles. The Morgan fingerprint density at radius 3 is 0.738 bits per heavy atom. The molecule has 0 aromatic heterocycles. The molecule has 6 atom stereocenters. The molecule has 0 saturated heterocycles. The molecule has 0 aliphatic rings. The molecule has 19 heteroatoms. The molecule has 612 valence electrons. The standard InChI is InChI=1S/C84H164O17P2/c1-7-10-12-14-16-18-20-22-23-24-25-26-27-28-34-38-44-51-57-63-69-84(89)100-79(72-94-81(86)66-60-54-48-42-36-33-30-29-32-35-41-47-53-59-65-77(6)9-3)74-98-102(90,91)96-70-78(85)71-97-103(92,93)99-75-80(73-95-82(87)67-61-55-49-45-39-40-46-52-58-64-76(4)5)101-83(88)68-62-56-50-43-37-31-21-19-17-15-13-11-8-2/h76-80,85H,7-75H2,1-6H3,(H,90,91)(H,92,93)/t77?,78-,79-,80-/m1/s1. The van der Waals surface area contributed by atoms with Gasteiger partial charge in [0, 0.05) is 25.7 Å². The van der Waals surface area contributed by atoms with Gasteiger partial charge in [-0.1, -0.05) is 395 Å². The van der Waals surface area contributed by atoms with Gasteiger partial charge in [-0.05, 0) is 37.5 Å². The number of ether oxygens (including phenoxy) is 4. The van der Waals surface area contributed by atoms with Crippen LogP contribution in [0.4, 0.5) is 0 Å². The minimum Gasteiger partial charge on any atom is -0.462 e. The summed E-state index contributed by atoms with van der Waals surface area (Å²) in [6.45, 7) is 9.70. The van der Waals surface area contributed by atoms with E-state index < -0.39 is 97.5 Å². The van der Waals surface area contributed by atoms with E-state index in [-0.39, 0.29) is 25.7 Å². The topological polar surface area (TPSA) is 237 Å². The van der Waals surface area contributed by atoms with Gasteiger partial charge in [-0.15, -0.1) is 0 Å². The van der Waals surface area contributed by atoms with Crippen molar-refractivity contribution in [1.82, 2.24) is 0 Å². The summed E-state index contributed by atoms with van der Waals surface area (Å²) in [6.07, 6.45) is 66.5. The number of aliphatic hydroxyl groups is 1. The summed E-state index contributed by atoms with van der Waals surface area (Å²) in [5, 5.41) is 10.7. The number of phosphoric ester groups is 2. The number of aliphatic hydroxyl groups excluding tert-OH is 1. The maximum Gasteiger partial charge on any atom is 0.472 e. The van der Waals surface area contributed by atoms with E-state index in [1.807, 2.05) is 0 Å². The van der Waals surface area contributed by atoms with Gasteiger partial charge in [0.15, 0.2) is 12.2 Å². The fraction of sp³-hybridized carbons (Fsp3) is 0.952. The normalized spacial score (nSPS) is 14.1. The minimum absolute atomic E-state index is 0.108. The maximum atomic E-state index is 13.1. The monoisotopic (exact) mass is 1510 g/mol.